The molecule has 0 spiro atoms. The number of carbonyl (C=O) groups excluding carboxylic acids is 1. The third-order valence-electron chi connectivity index (χ3n) is 4.63. The van der Waals surface area contributed by atoms with Crippen molar-refractivity contribution in [3.8, 4) is 11.1 Å². The molecule has 2 aromatic carbocycles. The van der Waals surface area contributed by atoms with Crippen LogP contribution in [0.2, 0.25) is 0 Å². The summed E-state index contributed by atoms with van der Waals surface area (Å²) in [5.41, 5.74) is 3.70. The molecule has 1 fully saturated rings. The van der Waals surface area contributed by atoms with Crippen LogP contribution in [0.5, 0.6) is 0 Å². The van der Waals surface area contributed by atoms with Crippen LogP contribution in [-0.4, -0.2) is 30.9 Å². The molecule has 1 aliphatic rings. The van der Waals surface area contributed by atoms with Gasteiger partial charge in [-0.15, -0.1) is 11.8 Å². The minimum atomic E-state index is -0.231. The number of hydrogen-bond acceptors (Lipinski definition) is 4. The van der Waals surface area contributed by atoms with Crippen LogP contribution in [0.15, 0.2) is 54.6 Å². The highest BCUT2D eigenvalue weighted by molar-refractivity contribution is 8.00. The standard InChI is InChI=1S/C21H25NO2S/c1-15(2)25-21(13-19(22-14-21)20(23)24-3)18-11-9-17(10-12-18)16-7-5-4-6-8-16/h4-12,15,19,22H,13-14H2,1-3H3. The van der Waals surface area contributed by atoms with Crippen molar-refractivity contribution in [1.82, 2.24) is 5.32 Å². The van der Waals surface area contributed by atoms with Crippen molar-refractivity contribution in [2.75, 3.05) is 13.7 Å². The van der Waals surface area contributed by atoms with E-state index in [1.54, 1.807) is 0 Å². The summed E-state index contributed by atoms with van der Waals surface area (Å²) in [6.07, 6.45) is 0.757. The van der Waals surface area contributed by atoms with Crippen molar-refractivity contribution >= 4 is 17.7 Å². The Bertz CT molecular complexity index is 714. The summed E-state index contributed by atoms with van der Waals surface area (Å²) in [6.45, 7) is 5.19. The zero-order chi connectivity index (χ0) is 17.9. The topological polar surface area (TPSA) is 38.3 Å². The first-order valence-corrected chi connectivity index (χ1v) is 9.57. The molecule has 2 unspecified atom stereocenters. The Morgan fingerprint density at radius 2 is 1.76 bits per heavy atom. The molecular weight excluding hydrogens is 330 g/mol. The van der Waals surface area contributed by atoms with Crippen LogP contribution in [0.1, 0.15) is 25.8 Å². The molecule has 0 radical (unpaired) electrons. The zero-order valence-corrected chi connectivity index (χ0v) is 15.8. The number of nitrogens with one attached hydrogen (secondary N) is 1. The van der Waals surface area contributed by atoms with E-state index in [4.69, 9.17) is 4.74 Å². The van der Waals surface area contributed by atoms with E-state index in [1.807, 2.05) is 17.8 Å². The molecule has 1 aliphatic heterocycles. The third-order valence-corrected chi connectivity index (χ3v) is 6.10. The lowest BCUT2D eigenvalue weighted by atomic mass is 9.93. The van der Waals surface area contributed by atoms with Gasteiger partial charge in [0, 0.05) is 6.54 Å². The van der Waals surface area contributed by atoms with Crippen LogP contribution in [-0.2, 0) is 14.3 Å². The van der Waals surface area contributed by atoms with E-state index in [1.165, 1.54) is 23.8 Å². The van der Waals surface area contributed by atoms with Crippen molar-refractivity contribution in [1.29, 1.82) is 0 Å². The van der Waals surface area contributed by atoms with E-state index < -0.39 is 0 Å². The van der Waals surface area contributed by atoms with E-state index >= 15 is 0 Å². The van der Waals surface area contributed by atoms with Gasteiger partial charge in [-0.1, -0.05) is 68.4 Å². The molecule has 4 heteroatoms. The van der Waals surface area contributed by atoms with Crippen molar-refractivity contribution in [3.63, 3.8) is 0 Å². The van der Waals surface area contributed by atoms with E-state index in [-0.39, 0.29) is 16.8 Å². The Hall–Kier alpha value is -1.78. The number of rotatable bonds is 5. The van der Waals surface area contributed by atoms with Crippen molar-refractivity contribution in [3.05, 3.63) is 60.2 Å². The number of ether oxygens (including phenoxy) is 1. The van der Waals surface area contributed by atoms with Gasteiger partial charge in [0.05, 0.1) is 11.9 Å². The van der Waals surface area contributed by atoms with Gasteiger partial charge in [0.25, 0.3) is 0 Å². The summed E-state index contributed by atoms with van der Waals surface area (Å²) in [7, 11) is 1.45. The smallest absolute Gasteiger partial charge is 0.322 e. The predicted molar refractivity (Wildman–Crippen MR) is 105 cm³/mol. The number of carbonyl (C=O) groups is 1. The molecule has 1 heterocycles. The van der Waals surface area contributed by atoms with Gasteiger partial charge in [0.15, 0.2) is 0 Å². The Morgan fingerprint density at radius 1 is 1.12 bits per heavy atom. The first-order valence-electron chi connectivity index (χ1n) is 8.69. The molecule has 132 valence electrons. The highest BCUT2D eigenvalue weighted by Crippen LogP contribution is 2.46. The molecule has 0 saturated carbocycles. The van der Waals surface area contributed by atoms with Gasteiger partial charge < -0.3 is 10.1 Å². The summed E-state index contributed by atoms with van der Waals surface area (Å²) in [6, 6.07) is 18.9. The maximum atomic E-state index is 12.0. The fourth-order valence-electron chi connectivity index (χ4n) is 3.50. The van der Waals surface area contributed by atoms with Gasteiger partial charge in [-0.3, -0.25) is 4.79 Å². The lowest BCUT2D eigenvalue weighted by Crippen LogP contribution is -2.31. The quantitative estimate of drug-likeness (QED) is 0.815. The van der Waals surface area contributed by atoms with Gasteiger partial charge in [0.1, 0.15) is 6.04 Å². The highest BCUT2D eigenvalue weighted by atomic mass is 32.2. The second-order valence-corrected chi connectivity index (χ2v) is 8.73. The highest BCUT2D eigenvalue weighted by Gasteiger charge is 2.44. The molecule has 2 aromatic rings. The summed E-state index contributed by atoms with van der Waals surface area (Å²) in [5.74, 6) is -0.174. The largest absolute Gasteiger partial charge is 0.468 e. The van der Waals surface area contributed by atoms with Crippen LogP contribution in [0.4, 0.5) is 0 Å². The van der Waals surface area contributed by atoms with Crippen molar-refractivity contribution < 1.29 is 9.53 Å². The molecule has 2 atom stereocenters. The summed E-state index contributed by atoms with van der Waals surface area (Å²) in [4.78, 5) is 12.0. The molecule has 1 N–H and O–H groups in total. The van der Waals surface area contributed by atoms with Crippen LogP contribution in [0.25, 0.3) is 11.1 Å². The van der Waals surface area contributed by atoms with Gasteiger partial charge in [-0.05, 0) is 28.4 Å². The molecule has 0 bridgehead atoms. The number of thioether (sulfide) groups is 1. The summed E-state index contributed by atoms with van der Waals surface area (Å²) >= 11 is 1.93. The average Bonchev–Trinajstić information content (AvgIpc) is 3.06. The molecule has 25 heavy (non-hydrogen) atoms. The Kier molecular flexibility index (Phi) is 5.50. The lowest BCUT2D eigenvalue weighted by molar-refractivity contribution is -0.142. The summed E-state index contributed by atoms with van der Waals surface area (Å²) in [5, 5.41) is 3.83. The third kappa shape index (κ3) is 3.91. The monoisotopic (exact) mass is 355 g/mol. The Balaban J connectivity index is 1.88. The maximum absolute atomic E-state index is 12.0. The fraction of sp³-hybridized carbons (Fsp3) is 0.381. The minimum Gasteiger partial charge on any atom is -0.468 e. The predicted octanol–water partition coefficient (Wildman–Crippen LogP) is 4.23. The van der Waals surface area contributed by atoms with E-state index in [0.29, 0.717) is 5.25 Å². The number of esters is 1. The van der Waals surface area contributed by atoms with Crippen LogP contribution in [0.3, 0.4) is 0 Å². The maximum Gasteiger partial charge on any atom is 0.322 e. The minimum absolute atomic E-state index is 0.0950. The second kappa shape index (κ2) is 7.63. The Morgan fingerprint density at radius 3 is 2.36 bits per heavy atom. The van der Waals surface area contributed by atoms with Gasteiger partial charge in [0.2, 0.25) is 0 Å². The lowest BCUT2D eigenvalue weighted by Gasteiger charge is -2.30. The molecule has 1 saturated heterocycles. The number of benzene rings is 2. The average molecular weight is 356 g/mol. The van der Waals surface area contributed by atoms with E-state index in [0.717, 1.165) is 13.0 Å². The molecule has 0 aliphatic carbocycles. The van der Waals surface area contributed by atoms with Gasteiger partial charge >= 0.3 is 5.97 Å². The first-order chi connectivity index (χ1) is 12.0. The summed E-state index contributed by atoms with van der Waals surface area (Å²) < 4.78 is 4.84. The van der Waals surface area contributed by atoms with E-state index in [2.05, 4.69) is 67.7 Å². The van der Waals surface area contributed by atoms with Gasteiger partial charge in [-0.2, -0.15) is 0 Å². The number of hydrogen-bond donors (Lipinski definition) is 1. The zero-order valence-electron chi connectivity index (χ0n) is 15.0. The molecule has 0 amide bonds. The SMILES string of the molecule is COC(=O)C1CC(SC(C)C)(c2ccc(-c3ccccc3)cc2)CN1. The van der Waals surface area contributed by atoms with Crippen molar-refractivity contribution in [2.24, 2.45) is 0 Å². The molecule has 0 aromatic heterocycles. The van der Waals surface area contributed by atoms with Crippen LogP contribution in [0, 0.1) is 0 Å². The van der Waals surface area contributed by atoms with E-state index in [9.17, 15) is 4.79 Å². The fourth-order valence-corrected chi connectivity index (χ4v) is 5.10. The van der Waals surface area contributed by atoms with Crippen molar-refractivity contribution in [2.45, 2.75) is 36.3 Å². The Labute approximate surface area is 154 Å². The first kappa shape index (κ1) is 18.0. The van der Waals surface area contributed by atoms with Crippen LogP contribution < -0.4 is 5.32 Å². The molecule has 3 nitrogen and oxygen atoms in total. The van der Waals surface area contributed by atoms with Gasteiger partial charge in [-0.25, -0.2) is 0 Å². The van der Waals surface area contributed by atoms with Crippen LogP contribution >= 0.6 is 11.8 Å². The normalized spacial score (nSPS) is 23.0. The molecule has 3 rings (SSSR count). The number of methoxy groups -OCH3 is 1. The second-order valence-electron chi connectivity index (χ2n) is 6.77. The molecular formula is C21H25NO2S.